The molecule has 2 nitrogen and oxygen atoms in total. The van der Waals surface area contributed by atoms with Crippen LogP contribution >= 0.6 is 0 Å². The molecule has 0 bridgehead atoms. The SMILES string of the molecule is Cc1cc(C)cc(C(C)/C(=N/N(C)C)C(C)C)c1. The van der Waals surface area contributed by atoms with Gasteiger partial charge in [-0.05, 0) is 25.3 Å². The zero-order valence-electron chi connectivity index (χ0n) is 12.8. The fraction of sp³-hybridized carbons (Fsp3) is 0.562. The van der Waals surface area contributed by atoms with E-state index in [9.17, 15) is 0 Å². The van der Waals surface area contributed by atoms with Gasteiger partial charge in [-0.1, -0.05) is 50.1 Å². The smallest absolute Gasteiger partial charge is 0.0477 e. The number of hydrazone groups is 1. The van der Waals surface area contributed by atoms with Gasteiger partial charge in [-0.25, -0.2) is 0 Å². The molecule has 1 aromatic carbocycles. The van der Waals surface area contributed by atoms with Crippen molar-refractivity contribution >= 4 is 5.71 Å². The maximum Gasteiger partial charge on any atom is 0.0477 e. The van der Waals surface area contributed by atoms with Crippen LogP contribution in [-0.4, -0.2) is 24.8 Å². The molecule has 1 atom stereocenters. The first-order chi connectivity index (χ1) is 8.31. The normalized spacial score (nSPS) is 13.9. The Labute approximate surface area is 112 Å². The van der Waals surface area contributed by atoms with E-state index in [2.05, 4.69) is 57.9 Å². The van der Waals surface area contributed by atoms with Crippen LogP contribution in [0.1, 0.15) is 43.4 Å². The lowest BCUT2D eigenvalue weighted by molar-refractivity contribution is 0.430. The molecule has 0 spiro atoms. The van der Waals surface area contributed by atoms with Crippen LogP contribution in [0, 0.1) is 19.8 Å². The predicted molar refractivity (Wildman–Crippen MR) is 80.3 cm³/mol. The molecule has 1 aromatic rings. The number of hydrogen-bond acceptors (Lipinski definition) is 2. The van der Waals surface area contributed by atoms with Gasteiger partial charge in [0, 0.05) is 25.7 Å². The van der Waals surface area contributed by atoms with Gasteiger partial charge in [0.15, 0.2) is 0 Å². The first kappa shape index (κ1) is 14.7. The largest absolute Gasteiger partial charge is 0.303 e. The van der Waals surface area contributed by atoms with Crippen molar-refractivity contribution in [3.63, 3.8) is 0 Å². The molecule has 1 rings (SSSR count). The van der Waals surface area contributed by atoms with E-state index >= 15 is 0 Å². The van der Waals surface area contributed by atoms with Gasteiger partial charge in [0.05, 0.1) is 0 Å². The van der Waals surface area contributed by atoms with E-state index in [1.807, 2.05) is 19.1 Å². The van der Waals surface area contributed by atoms with Crippen molar-refractivity contribution in [2.24, 2.45) is 11.0 Å². The molecule has 0 aliphatic heterocycles. The van der Waals surface area contributed by atoms with Gasteiger partial charge in [0.25, 0.3) is 0 Å². The van der Waals surface area contributed by atoms with E-state index in [1.165, 1.54) is 22.4 Å². The Hall–Kier alpha value is -1.31. The first-order valence-corrected chi connectivity index (χ1v) is 6.65. The number of rotatable bonds is 4. The molecule has 1 unspecified atom stereocenters. The van der Waals surface area contributed by atoms with Gasteiger partial charge in [0.2, 0.25) is 0 Å². The van der Waals surface area contributed by atoms with Crippen molar-refractivity contribution in [3.8, 4) is 0 Å². The topological polar surface area (TPSA) is 15.6 Å². The first-order valence-electron chi connectivity index (χ1n) is 6.65. The van der Waals surface area contributed by atoms with Crippen LogP contribution < -0.4 is 0 Å². The second-order valence-electron chi connectivity index (χ2n) is 5.67. The molecule has 0 fully saturated rings. The fourth-order valence-corrected chi connectivity index (χ4v) is 2.36. The third-order valence-electron chi connectivity index (χ3n) is 3.09. The van der Waals surface area contributed by atoms with Crippen LogP contribution in [0.25, 0.3) is 0 Å². The molecule has 0 saturated carbocycles. The summed E-state index contributed by atoms with van der Waals surface area (Å²) in [6.07, 6.45) is 0. The minimum absolute atomic E-state index is 0.367. The number of nitrogens with zero attached hydrogens (tertiary/aromatic N) is 2. The zero-order chi connectivity index (χ0) is 13.9. The molecule has 0 aromatic heterocycles. The summed E-state index contributed by atoms with van der Waals surface area (Å²) in [5.41, 5.74) is 5.25. The van der Waals surface area contributed by atoms with Crippen molar-refractivity contribution in [3.05, 3.63) is 34.9 Å². The second kappa shape index (κ2) is 6.03. The van der Waals surface area contributed by atoms with Crippen LogP contribution in [0.2, 0.25) is 0 Å². The summed E-state index contributed by atoms with van der Waals surface area (Å²) in [6, 6.07) is 6.75. The van der Waals surface area contributed by atoms with Gasteiger partial charge in [-0.15, -0.1) is 0 Å². The second-order valence-corrected chi connectivity index (χ2v) is 5.67. The standard InChI is InChI=1S/C16H26N2/c1-11(2)16(17-18(6)7)14(5)15-9-12(3)8-13(4)10-15/h8-11,14H,1-7H3/b17-16+. The van der Waals surface area contributed by atoms with E-state index in [0.29, 0.717) is 11.8 Å². The highest BCUT2D eigenvalue weighted by Crippen LogP contribution is 2.23. The monoisotopic (exact) mass is 246 g/mol. The van der Waals surface area contributed by atoms with E-state index < -0.39 is 0 Å². The van der Waals surface area contributed by atoms with Crippen molar-refractivity contribution in [2.75, 3.05) is 14.1 Å². The molecule has 100 valence electrons. The molecule has 0 amide bonds. The maximum atomic E-state index is 4.66. The molecular formula is C16H26N2. The van der Waals surface area contributed by atoms with Gasteiger partial charge in [0.1, 0.15) is 0 Å². The quantitative estimate of drug-likeness (QED) is 0.579. The Kier molecular flexibility index (Phi) is 4.94. The molecule has 0 heterocycles. The Morgan fingerprint density at radius 2 is 1.50 bits per heavy atom. The highest BCUT2D eigenvalue weighted by molar-refractivity contribution is 5.92. The molecule has 18 heavy (non-hydrogen) atoms. The zero-order valence-corrected chi connectivity index (χ0v) is 12.8. The van der Waals surface area contributed by atoms with Crippen molar-refractivity contribution in [1.82, 2.24) is 5.01 Å². The van der Waals surface area contributed by atoms with E-state index in [4.69, 9.17) is 0 Å². The average molecular weight is 246 g/mol. The van der Waals surface area contributed by atoms with Gasteiger partial charge in [-0.3, -0.25) is 0 Å². The minimum atomic E-state index is 0.367. The average Bonchev–Trinajstić information content (AvgIpc) is 2.23. The highest BCUT2D eigenvalue weighted by Gasteiger charge is 2.17. The van der Waals surface area contributed by atoms with Crippen molar-refractivity contribution in [2.45, 2.75) is 40.5 Å². The fourth-order valence-electron chi connectivity index (χ4n) is 2.36. The van der Waals surface area contributed by atoms with Crippen LogP contribution in [0.3, 0.4) is 0 Å². The Morgan fingerprint density at radius 3 is 1.89 bits per heavy atom. The lowest BCUT2D eigenvalue weighted by Crippen LogP contribution is -2.20. The predicted octanol–water partition coefficient (Wildman–Crippen LogP) is 3.98. The summed E-state index contributed by atoms with van der Waals surface area (Å²) in [6.45, 7) is 11.0. The van der Waals surface area contributed by atoms with Gasteiger partial charge >= 0.3 is 0 Å². The van der Waals surface area contributed by atoms with Crippen LogP contribution in [-0.2, 0) is 0 Å². The van der Waals surface area contributed by atoms with Crippen LogP contribution in [0.15, 0.2) is 23.3 Å². The molecule has 0 aliphatic rings. The third-order valence-corrected chi connectivity index (χ3v) is 3.09. The lowest BCUT2D eigenvalue weighted by Gasteiger charge is -2.21. The highest BCUT2D eigenvalue weighted by atomic mass is 15.4. The summed E-state index contributed by atoms with van der Waals surface area (Å²) in [4.78, 5) is 0. The summed E-state index contributed by atoms with van der Waals surface area (Å²) in [7, 11) is 3.97. The molecule has 0 saturated heterocycles. The summed E-state index contributed by atoms with van der Waals surface area (Å²) in [5.74, 6) is 0.828. The van der Waals surface area contributed by atoms with E-state index in [0.717, 1.165) is 0 Å². The number of aryl methyl sites for hydroxylation is 2. The Morgan fingerprint density at radius 1 is 1.00 bits per heavy atom. The number of benzene rings is 1. The summed E-state index contributed by atoms with van der Waals surface area (Å²) in [5, 5.41) is 6.56. The van der Waals surface area contributed by atoms with Crippen molar-refractivity contribution < 1.29 is 0 Å². The van der Waals surface area contributed by atoms with Gasteiger partial charge < -0.3 is 5.01 Å². The van der Waals surface area contributed by atoms with E-state index in [-0.39, 0.29) is 0 Å². The van der Waals surface area contributed by atoms with Crippen LogP contribution in [0.4, 0.5) is 0 Å². The molecule has 0 aliphatic carbocycles. The third kappa shape index (κ3) is 3.86. The maximum absolute atomic E-state index is 4.66. The summed E-state index contributed by atoms with van der Waals surface area (Å²) < 4.78 is 0. The lowest BCUT2D eigenvalue weighted by atomic mass is 9.88. The van der Waals surface area contributed by atoms with Gasteiger partial charge in [-0.2, -0.15) is 5.10 Å². The molecule has 2 heteroatoms. The summed E-state index contributed by atoms with van der Waals surface area (Å²) >= 11 is 0. The Bertz CT molecular complexity index is 410. The molecule has 0 N–H and O–H groups in total. The van der Waals surface area contributed by atoms with E-state index in [1.54, 1.807) is 0 Å². The Balaban J connectivity index is 3.13. The van der Waals surface area contributed by atoms with Crippen molar-refractivity contribution in [1.29, 1.82) is 0 Å². The minimum Gasteiger partial charge on any atom is -0.303 e. The number of hydrogen-bond donors (Lipinski definition) is 0. The van der Waals surface area contributed by atoms with Crippen LogP contribution in [0.5, 0.6) is 0 Å². The molecule has 0 radical (unpaired) electrons. The molecular weight excluding hydrogens is 220 g/mol.